The van der Waals surface area contributed by atoms with Gasteiger partial charge in [-0.3, -0.25) is 29.4 Å². The minimum absolute atomic E-state index is 0.103. The summed E-state index contributed by atoms with van der Waals surface area (Å²) < 4.78 is 0. The highest BCUT2D eigenvalue weighted by molar-refractivity contribution is 6.23. The molecule has 1 fully saturated rings. The van der Waals surface area contributed by atoms with E-state index in [9.17, 15) is 19.2 Å². The molecule has 0 bridgehead atoms. The van der Waals surface area contributed by atoms with Crippen molar-refractivity contribution in [3.63, 3.8) is 0 Å². The standard InChI is InChI=1S/C22H22N4O4/c23-15-3-1-2-13(10-15)8-9-24-12-14-4-5-16-17(11-14)22(30)26(21(16)29)18-6-7-19(27)25-20(18)28/h1-5,10-11,18,24H,6-9,12,23H2,(H,25,27,28). The number of piperidine rings is 1. The molecule has 2 aromatic rings. The third-order valence-electron chi connectivity index (χ3n) is 5.37. The molecule has 0 aromatic heterocycles. The number of nitrogens with zero attached hydrogens (tertiary/aromatic N) is 1. The monoisotopic (exact) mass is 406 g/mol. The molecular formula is C22H22N4O4. The van der Waals surface area contributed by atoms with Crippen molar-refractivity contribution in [3.8, 4) is 0 Å². The lowest BCUT2D eigenvalue weighted by Gasteiger charge is -2.27. The fourth-order valence-electron chi connectivity index (χ4n) is 3.84. The third kappa shape index (κ3) is 3.81. The molecule has 0 aliphatic carbocycles. The van der Waals surface area contributed by atoms with E-state index in [1.165, 1.54) is 0 Å². The topological polar surface area (TPSA) is 122 Å². The molecular weight excluding hydrogens is 384 g/mol. The zero-order valence-electron chi connectivity index (χ0n) is 16.3. The number of hydrogen-bond acceptors (Lipinski definition) is 6. The Morgan fingerprint density at radius 2 is 1.80 bits per heavy atom. The van der Waals surface area contributed by atoms with Gasteiger partial charge in [0.2, 0.25) is 11.8 Å². The van der Waals surface area contributed by atoms with E-state index >= 15 is 0 Å². The fraction of sp³-hybridized carbons (Fsp3) is 0.273. The van der Waals surface area contributed by atoms with E-state index in [2.05, 4.69) is 10.6 Å². The summed E-state index contributed by atoms with van der Waals surface area (Å²) in [7, 11) is 0. The van der Waals surface area contributed by atoms with Gasteiger partial charge in [-0.05, 0) is 54.8 Å². The van der Waals surface area contributed by atoms with Crippen molar-refractivity contribution in [1.82, 2.24) is 15.5 Å². The largest absolute Gasteiger partial charge is 0.399 e. The van der Waals surface area contributed by atoms with Crippen molar-refractivity contribution in [1.29, 1.82) is 0 Å². The van der Waals surface area contributed by atoms with Crippen LogP contribution in [0.4, 0.5) is 5.69 Å². The summed E-state index contributed by atoms with van der Waals surface area (Å²) in [6.07, 6.45) is 1.07. The van der Waals surface area contributed by atoms with Gasteiger partial charge >= 0.3 is 0 Å². The molecule has 0 radical (unpaired) electrons. The second kappa shape index (κ2) is 8.08. The predicted molar refractivity (Wildman–Crippen MR) is 109 cm³/mol. The van der Waals surface area contributed by atoms with E-state index < -0.39 is 23.8 Å². The van der Waals surface area contributed by atoms with E-state index in [1.54, 1.807) is 18.2 Å². The summed E-state index contributed by atoms with van der Waals surface area (Å²) in [4.78, 5) is 50.0. The maximum atomic E-state index is 12.8. The maximum Gasteiger partial charge on any atom is 0.262 e. The third-order valence-corrected chi connectivity index (χ3v) is 5.37. The van der Waals surface area contributed by atoms with Gasteiger partial charge in [0.15, 0.2) is 0 Å². The van der Waals surface area contributed by atoms with Crippen molar-refractivity contribution < 1.29 is 19.2 Å². The van der Waals surface area contributed by atoms with Crippen LogP contribution in [-0.2, 0) is 22.6 Å². The van der Waals surface area contributed by atoms with Gasteiger partial charge in [-0.25, -0.2) is 0 Å². The number of rotatable bonds is 6. The van der Waals surface area contributed by atoms with Crippen LogP contribution in [0.1, 0.15) is 44.7 Å². The van der Waals surface area contributed by atoms with Gasteiger partial charge in [0.05, 0.1) is 11.1 Å². The molecule has 0 saturated carbocycles. The SMILES string of the molecule is Nc1cccc(CCNCc2ccc3c(c2)C(=O)N(C2CCC(=O)NC2=O)C3=O)c1. The second-order valence-electron chi connectivity index (χ2n) is 7.50. The Morgan fingerprint density at radius 3 is 2.57 bits per heavy atom. The van der Waals surface area contributed by atoms with Gasteiger partial charge in [-0.15, -0.1) is 0 Å². The Labute approximate surface area is 173 Å². The molecule has 2 aliphatic heterocycles. The Balaban J connectivity index is 1.40. The summed E-state index contributed by atoms with van der Waals surface area (Å²) >= 11 is 0. The Bertz CT molecular complexity index is 1050. The number of nitrogens with two attached hydrogens (primary N) is 1. The first-order valence-corrected chi connectivity index (χ1v) is 9.83. The number of nitrogen functional groups attached to an aromatic ring is 1. The highest BCUT2D eigenvalue weighted by Crippen LogP contribution is 2.28. The number of hydrogen-bond donors (Lipinski definition) is 3. The molecule has 0 spiro atoms. The fourth-order valence-corrected chi connectivity index (χ4v) is 3.84. The number of benzene rings is 2. The van der Waals surface area contributed by atoms with Crippen LogP contribution in [0, 0.1) is 0 Å². The molecule has 154 valence electrons. The van der Waals surface area contributed by atoms with Gasteiger partial charge in [-0.1, -0.05) is 18.2 Å². The maximum absolute atomic E-state index is 12.8. The van der Waals surface area contributed by atoms with Gasteiger partial charge in [0, 0.05) is 18.7 Å². The summed E-state index contributed by atoms with van der Waals surface area (Å²) in [5, 5.41) is 5.52. The Kier molecular flexibility index (Phi) is 5.33. The summed E-state index contributed by atoms with van der Waals surface area (Å²) in [5.74, 6) is -1.99. The predicted octanol–water partition coefficient (Wildman–Crippen LogP) is 1.00. The molecule has 4 amide bonds. The first-order valence-electron chi connectivity index (χ1n) is 9.83. The number of fused-ring (bicyclic) bond motifs is 1. The van der Waals surface area contributed by atoms with Crippen molar-refractivity contribution >= 4 is 29.3 Å². The van der Waals surface area contributed by atoms with E-state index in [0.717, 1.165) is 34.7 Å². The molecule has 2 aromatic carbocycles. The van der Waals surface area contributed by atoms with Gasteiger partial charge in [0.25, 0.3) is 11.8 Å². The van der Waals surface area contributed by atoms with Gasteiger partial charge < -0.3 is 11.1 Å². The van der Waals surface area contributed by atoms with Crippen molar-refractivity contribution in [3.05, 3.63) is 64.7 Å². The number of carbonyl (C=O) groups excluding carboxylic acids is 4. The summed E-state index contributed by atoms with van der Waals surface area (Å²) in [6.45, 7) is 1.27. The Hall–Kier alpha value is -3.52. The number of amides is 4. The van der Waals surface area contributed by atoms with E-state index in [4.69, 9.17) is 5.73 Å². The lowest BCUT2D eigenvalue weighted by molar-refractivity contribution is -0.136. The highest BCUT2D eigenvalue weighted by atomic mass is 16.2. The van der Waals surface area contributed by atoms with Gasteiger partial charge in [0.1, 0.15) is 6.04 Å². The number of carbonyl (C=O) groups is 4. The van der Waals surface area contributed by atoms with Crippen LogP contribution in [0.15, 0.2) is 42.5 Å². The van der Waals surface area contributed by atoms with Crippen LogP contribution in [0.3, 0.4) is 0 Å². The number of nitrogens with one attached hydrogen (secondary N) is 2. The molecule has 2 heterocycles. The zero-order valence-corrected chi connectivity index (χ0v) is 16.3. The molecule has 8 nitrogen and oxygen atoms in total. The first-order chi connectivity index (χ1) is 14.4. The molecule has 30 heavy (non-hydrogen) atoms. The molecule has 1 saturated heterocycles. The number of anilines is 1. The molecule has 1 atom stereocenters. The van der Waals surface area contributed by atoms with E-state index in [-0.39, 0.29) is 24.3 Å². The molecule has 1 unspecified atom stereocenters. The van der Waals surface area contributed by atoms with E-state index in [0.29, 0.717) is 12.1 Å². The van der Waals surface area contributed by atoms with Crippen LogP contribution in [-0.4, -0.2) is 41.1 Å². The van der Waals surface area contributed by atoms with Crippen molar-refractivity contribution in [2.45, 2.75) is 31.8 Å². The average Bonchev–Trinajstić information content (AvgIpc) is 2.96. The Morgan fingerprint density at radius 1 is 1.00 bits per heavy atom. The number of imide groups is 2. The van der Waals surface area contributed by atoms with Crippen LogP contribution in [0.25, 0.3) is 0 Å². The van der Waals surface area contributed by atoms with Crippen molar-refractivity contribution in [2.24, 2.45) is 0 Å². The van der Waals surface area contributed by atoms with E-state index in [1.807, 2.05) is 24.3 Å². The van der Waals surface area contributed by atoms with Gasteiger partial charge in [-0.2, -0.15) is 0 Å². The molecule has 2 aliphatic rings. The van der Waals surface area contributed by atoms with Crippen LogP contribution < -0.4 is 16.4 Å². The average molecular weight is 406 g/mol. The minimum Gasteiger partial charge on any atom is -0.399 e. The second-order valence-corrected chi connectivity index (χ2v) is 7.50. The molecule has 4 N–H and O–H groups in total. The zero-order chi connectivity index (χ0) is 21.3. The van der Waals surface area contributed by atoms with Crippen molar-refractivity contribution in [2.75, 3.05) is 12.3 Å². The van der Waals surface area contributed by atoms with Crippen LogP contribution >= 0.6 is 0 Å². The summed E-state index contributed by atoms with van der Waals surface area (Å²) in [5.41, 5.74) is 9.10. The lowest BCUT2D eigenvalue weighted by Crippen LogP contribution is -2.54. The normalized spacial score (nSPS) is 18.5. The van der Waals surface area contributed by atoms with Crippen LogP contribution in [0.2, 0.25) is 0 Å². The minimum atomic E-state index is -0.949. The van der Waals surface area contributed by atoms with Crippen LogP contribution in [0.5, 0.6) is 0 Å². The quantitative estimate of drug-likeness (QED) is 0.374. The highest BCUT2D eigenvalue weighted by Gasteiger charge is 2.44. The molecule has 4 rings (SSSR count). The lowest BCUT2D eigenvalue weighted by atomic mass is 10.0. The first kappa shape index (κ1) is 19.8. The summed E-state index contributed by atoms with van der Waals surface area (Å²) in [6, 6.07) is 11.9. The molecule has 8 heteroatoms. The smallest absolute Gasteiger partial charge is 0.262 e.